The highest BCUT2D eigenvalue weighted by Crippen LogP contribution is 2.19. The summed E-state index contributed by atoms with van der Waals surface area (Å²) in [6.07, 6.45) is 1.21. The van der Waals surface area contributed by atoms with Gasteiger partial charge in [0.15, 0.2) is 0 Å². The molecule has 4 heteroatoms. The van der Waals surface area contributed by atoms with Crippen molar-refractivity contribution in [3.8, 4) is 0 Å². The third-order valence-electron chi connectivity index (χ3n) is 1.98. The Labute approximate surface area is 103 Å². The first-order valence-corrected chi connectivity index (χ1v) is 5.68. The molecule has 0 aliphatic heterocycles. The van der Waals surface area contributed by atoms with Crippen LogP contribution in [0.4, 0.5) is 5.69 Å². The Bertz CT molecular complexity index is 407. The fraction of sp³-hybridized carbons (Fsp3) is 0.250. The van der Waals surface area contributed by atoms with Crippen LogP contribution in [0.3, 0.4) is 0 Å². The van der Waals surface area contributed by atoms with E-state index in [1.165, 1.54) is 6.08 Å². The lowest BCUT2D eigenvalue weighted by molar-refractivity contribution is -0.131. The number of carbonyl (C=O) groups is 1. The number of aryl methyl sites for hydroxylation is 1. The van der Waals surface area contributed by atoms with Crippen LogP contribution in [0.1, 0.15) is 12.5 Å². The van der Waals surface area contributed by atoms with Gasteiger partial charge in [0.2, 0.25) is 0 Å². The van der Waals surface area contributed by atoms with Crippen LogP contribution in [-0.4, -0.2) is 17.6 Å². The predicted octanol–water partition coefficient (Wildman–Crippen LogP) is 3.20. The number of halogens is 1. The van der Waals surface area contributed by atoms with Crippen molar-refractivity contribution < 1.29 is 9.90 Å². The average molecular weight is 284 g/mol. The monoisotopic (exact) mass is 283 g/mol. The smallest absolute Gasteiger partial charge is 0.328 e. The number of hydrogen-bond acceptors (Lipinski definition) is 2. The van der Waals surface area contributed by atoms with Crippen molar-refractivity contribution in [1.29, 1.82) is 0 Å². The van der Waals surface area contributed by atoms with E-state index in [4.69, 9.17) is 5.11 Å². The Morgan fingerprint density at radius 2 is 2.19 bits per heavy atom. The molecule has 1 rings (SSSR count). The van der Waals surface area contributed by atoms with Crippen molar-refractivity contribution >= 4 is 27.6 Å². The molecule has 0 radical (unpaired) electrons. The first-order chi connectivity index (χ1) is 7.47. The maximum atomic E-state index is 10.4. The highest BCUT2D eigenvalue weighted by molar-refractivity contribution is 9.10. The molecule has 0 aliphatic carbocycles. The first-order valence-electron chi connectivity index (χ1n) is 4.88. The third-order valence-corrected chi connectivity index (χ3v) is 2.44. The fourth-order valence-corrected chi connectivity index (χ4v) is 1.95. The molecule has 0 fully saturated rings. The number of aliphatic carboxylic acids is 1. The van der Waals surface area contributed by atoms with E-state index in [0.717, 1.165) is 21.3 Å². The van der Waals surface area contributed by atoms with Crippen molar-refractivity contribution in [2.45, 2.75) is 13.8 Å². The summed E-state index contributed by atoms with van der Waals surface area (Å²) in [5.41, 5.74) is 2.91. The largest absolute Gasteiger partial charge is 0.478 e. The molecule has 0 heterocycles. The topological polar surface area (TPSA) is 49.3 Å². The van der Waals surface area contributed by atoms with Gasteiger partial charge >= 0.3 is 5.97 Å². The predicted molar refractivity (Wildman–Crippen MR) is 68.8 cm³/mol. The van der Waals surface area contributed by atoms with Crippen LogP contribution in [-0.2, 0) is 4.79 Å². The number of rotatable bonds is 4. The van der Waals surface area contributed by atoms with E-state index < -0.39 is 5.97 Å². The van der Waals surface area contributed by atoms with Gasteiger partial charge in [0.25, 0.3) is 0 Å². The van der Waals surface area contributed by atoms with E-state index in [1.54, 1.807) is 6.92 Å². The molecular formula is C12H14BrNO2. The molecule has 0 bridgehead atoms. The molecular weight excluding hydrogens is 270 g/mol. The van der Waals surface area contributed by atoms with Crippen LogP contribution in [0, 0.1) is 6.92 Å². The summed E-state index contributed by atoms with van der Waals surface area (Å²) in [5, 5.41) is 11.7. The second kappa shape index (κ2) is 5.70. The maximum Gasteiger partial charge on any atom is 0.328 e. The molecule has 0 saturated carbocycles. The summed E-state index contributed by atoms with van der Waals surface area (Å²) in [6, 6.07) is 5.99. The minimum Gasteiger partial charge on any atom is -0.478 e. The van der Waals surface area contributed by atoms with E-state index in [1.807, 2.05) is 25.1 Å². The normalized spacial score (nSPS) is 11.3. The van der Waals surface area contributed by atoms with Gasteiger partial charge in [-0.1, -0.05) is 15.9 Å². The standard InChI is InChI=1S/C12H14BrNO2/c1-8-3-10(13)6-11(4-8)14-7-9(2)5-12(15)16/h3-6,14H,7H2,1-2H3,(H,15,16)/b9-5-. The summed E-state index contributed by atoms with van der Waals surface area (Å²) in [6.45, 7) is 4.32. The van der Waals surface area contributed by atoms with Gasteiger partial charge in [0.05, 0.1) is 0 Å². The van der Waals surface area contributed by atoms with Gasteiger partial charge in [-0.05, 0) is 43.2 Å². The molecule has 0 unspecified atom stereocenters. The van der Waals surface area contributed by atoms with Crippen LogP contribution >= 0.6 is 15.9 Å². The van der Waals surface area contributed by atoms with Gasteiger partial charge in [-0.3, -0.25) is 0 Å². The molecule has 3 nitrogen and oxygen atoms in total. The molecule has 86 valence electrons. The zero-order valence-electron chi connectivity index (χ0n) is 9.25. The highest BCUT2D eigenvalue weighted by atomic mass is 79.9. The number of carboxylic acid groups (broad SMARTS) is 1. The summed E-state index contributed by atoms with van der Waals surface area (Å²) in [4.78, 5) is 10.4. The van der Waals surface area contributed by atoms with Crippen LogP contribution in [0.2, 0.25) is 0 Å². The highest BCUT2D eigenvalue weighted by Gasteiger charge is 1.98. The van der Waals surface area contributed by atoms with Gasteiger partial charge < -0.3 is 10.4 Å². The van der Waals surface area contributed by atoms with Crippen LogP contribution < -0.4 is 5.32 Å². The molecule has 0 spiro atoms. The maximum absolute atomic E-state index is 10.4. The molecule has 0 amide bonds. The second-order valence-corrected chi connectivity index (χ2v) is 4.62. The van der Waals surface area contributed by atoms with Crippen molar-refractivity contribution in [3.05, 3.63) is 39.9 Å². The Morgan fingerprint density at radius 1 is 1.50 bits per heavy atom. The number of hydrogen-bond donors (Lipinski definition) is 2. The Balaban J connectivity index is 2.64. The third kappa shape index (κ3) is 4.49. The Kier molecular flexibility index (Phi) is 4.55. The summed E-state index contributed by atoms with van der Waals surface area (Å²) in [7, 11) is 0. The molecule has 0 aliphatic rings. The molecule has 2 N–H and O–H groups in total. The van der Waals surface area contributed by atoms with Crippen LogP contribution in [0.25, 0.3) is 0 Å². The van der Waals surface area contributed by atoms with E-state index >= 15 is 0 Å². The Morgan fingerprint density at radius 3 is 2.75 bits per heavy atom. The second-order valence-electron chi connectivity index (χ2n) is 3.70. The van der Waals surface area contributed by atoms with Crippen molar-refractivity contribution in [2.24, 2.45) is 0 Å². The summed E-state index contributed by atoms with van der Waals surface area (Å²) < 4.78 is 1.01. The average Bonchev–Trinajstić information content (AvgIpc) is 2.12. The lowest BCUT2D eigenvalue weighted by Gasteiger charge is -2.08. The van der Waals surface area contributed by atoms with E-state index in [0.29, 0.717) is 6.54 Å². The SMILES string of the molecule is C/C(=C/C(=O)O)CNc1cc(C)cc(Br)c1. The molecule has 16 heavy (non-hydrogen) atoms. The lowest BCUT2D eigenvalue weighted by Crippen LogP contribution is -2.04. The number of anilines is 1. The number of carboxylic acids is 1. The van der Waals surface area contributed by atoms with Crippen molar-refractivity contribution in [1.82, 2.24) is 0 Å². The van der Waals surface area contributed by atoms with Gasteiger partial charge in [0, 0.05) is 22.8 Å². The minimum absolute atomic E-state index is 0.530. The summed E-state index contributed by atoms with van der Waals surface area (Å²) >= 11 is 3.41. The fourth-order valence-electron chi connectivity index (χ4n) is 1.34. The minimum atomic E-state index is -0.912. The van der Waals surface area contributed by atoms with Gasteiger partial charge in [-0.25, -0.2) is 4.79 Å². The van der Waals surface area contributed by atoms with Gasteiger partial charge in [0.1, 0.15) is 0 Å². The lowest BCUT2D eigenvalue weighted by atomic mass is 10.2. The quantitative estimate of drug-likeness (QED) is 0.835. The molecule has 0 aromatic heterocycles. The zero-order chi connectivity index (χ0) is 12.1. The van der Waals surface area contributed by atoms with Crippen LogP contribution in [0.15, 0.2) is 34.3 Å². The number of nitrogens with one attached hydrogen (secondary N) is 1. The van der Waals surface area contributed by atoms with Crippen LogP contribution in [0.5, 0.6) is 0 Å². The van der Waals surface area contributed by atoms with Crippen molar-refractivity contribution in [2.75, 3.05) is 11.9 Å². The first kappa shape index (κ1) is 12.8. The molecule has 1 aromatic rings. The molecule has 0 atom stereocenters. The van der Waals surface area contributed by atoms with Gasteiger partial charge in [-0.15, -0.1) is 0 Å². The van der Waals surface area contributed by atoms with E-state index in [2.05, 4.69) is 21.2 Å². The molecule has 1 aromatic carbocycles. The zero-order valence-corrected chi connectivity index (χ0v) is 10.8. The number of benzene rings is 1. The summed E-state index contributed by atoms with van der Waals surface area (Å²) in [5.74, 6) is -0.912. The van der Waals surface area contributed by atoms with Crippen molar-refractivity contribution in [3.63, 3.8) is 0 Å². The van der Waals surface area contributed by atoms with Gasteiger partial charge in [-0.2, -0.15) is 0 Å². The Hall–Kier alpha value is -1.29. The van der Waals surface area contributed by atoms with E-state index in [-0.39, 0.29) is 0 Å². The van der Waals surface area contributed by atoms with E-state index in [9.17, 15) is 4.79 Å². The molecule has 0 saturated heterocycles.